The van der Waals surface area contributed by atoms with E-state index in [0.29, 0.717) is 171 Å². The van der Waals surface area contributed by atoms with Crippen LogP contribution < -0.4 is 4.74 Å². The molecule has 25 heteroatoms. The number of ketones is 1. The predicted molar refractivity (Wildman–Crippen MR) is 253 cm³/mol. The van der Waals surface area contributed by atoms with Crippen molar-refractivity contribution in [2.75, 3.05) is 178 Å². The minimum Gasteiger partial charge on any atom is -0.420 e. The lowest BCUT2D eigenvalue weighted by atomic mass is 10.0. The van der Waals surface area contributed by atoms with Gasteiger partial charge in [-0.2, -0.15) is 14.0 Å². The van der Waals surface area contributed by atoms with Crippen molar-refractivity contribution in [1.82, 2.24) is 0 Å². The van der Waals surface area contributed by atoms with E-state index in [9.17, 15) is 36.8 Å². The van der Waals surface area contributed by atoms with Gasteiger partial charge in [0.2, 0.25) is 34.8 Å². The minimum atomic E-state index is -2.35. The normalized spacial score (nSPS) is 12.3. The van der Waals surface area contributed by atoms with Gasteiger partial charge in [0.15, 0.2) is 0 Å². The summed E-state index contributed by atoms with van der Waals surface area (Å²) >= 11 is 8.20. The number of esters is 1. The Bertz CT molecular complexity index is 1550. The number of hydrogen-bond acceptors (Lipinski definition) is 20. The third-order valence-corrected chi connectivity index (χ3v) is 11.4. The van der Waals surface area contributed by atoms with Gasteiger partial charge in [-0.1, -0.05) is 30.9 Å². The first-order chi connectivity index (χ1) is 34.0. The fourth-order valence-electron chi connectivity index (χ4n) is 5.07. The van der Waals surface area contributed by atoms with Crippen LogP contribution in [-0.2, 0) is 71.2 Å². The number of Topliss-reactive ketones (excluding diaryl/α,β-unsaturated/α-hetero) is 1. The summed E-state index contributed by atoms with van der Waals surface area (Å²) in [7, 11) is 0. The molecule has 0 heterocycles. The van der Waals surface area contributed by atoms with Crippen molar-refractivity contribution < 1.29 is 97.9 Å². The molecule has 0 saturated heterocycles. The van der Waals surface area contributed by atoms with Gasteiger partial charge in [0, 0.05) is 19.4 Å². The van der Waals surface area contributed by atoms with Gasteiger partial charge in [-0.25, -0.2) is 13.2 Å². The smallest absolute Gasteiger partial charge is 0.313 e. The number of benzene rings is 1. The molecule has 17 nitrogen and oxygen atoms in total. The van der Waals surface area contributed by atoms with E-state index in [2.05, 4.69) is 10.8 Å². The molecule has 70 heavy (non-hydrogen) atoms. The number of thioether (sulfide) groups is 2. The topological polar surface area (TPSA) is 187 Å². The van der Waals surface area contributed by atoms with Gasteiger partial charge >= 0.3 is 5.97 Å². The Morgan fingerprint density at radius 3 is 1.10 bits per heavy atom. The van der Waals surface area contributed by atoms with E-state index in [1.54, 1.807) is 0 Å². The highest BCUT2D eigenvalue weighted by atomic mass is 32.2. The number of nitriles is 1. The summed E-state index contributed by atoms with van der Waals surface area (Å²) in [4.78, 5) is 23.9. The quantitative estimate of drug-likeness (QED) is 0.0139. The number of carbonyl (C=O) groups excluding carboxylic acids is 2. The number of halogens is 5. The molecule has 0 aliphatic heterocycles. The van der Waals surface area contributed by atoms with E-state index in [1.165, 1.54) is 23.5 Å². The fourth-order valence-corrected chi connectivity index (χ4v) is 7.97. The van der Waals surface area contributed by atoms with Crippen molar-refractivity contribution in [2.45, 2.75) is 50.7 Å². The Morgan fingerprint density at radius 2 is 0.786 bits per heavy atom. The molecule has 1 aromatic carbocycles. The number of thiocarbonyl (C=S) groups is 1. The Labute approximate surface area is 421 Å². The van der Waals surface area contributed by atoms with Gasteiger partial charge in [0.25, 0.3) is 0 Å². The molecule has 0 aromatic heterocycles. The number of ether oxygens (including phenoxy) is 14. The van der Waals surface area contributed by atoms with E-state index in [4.69, 9.17) is 73.8 Å². The zero-order chi connectivity index (χ0) is 51.3. The summed E-state index contributed by atoms with van der Waals surface area (Å²) in [5.74, 6) is -13.2. The molecule has 1 aromatic rings. The molecular weight excluding hydrogens is 1000 g/mol. The summed E-state index contributed by atoms with van der Waals surface area (Å²) in [6, 6.07) is 2.30. The van der Waals surface area contributed by atoms with E-state index in [0.717, 1.165) is 9.28 Å². The van der Waals surface area contributed by atoms with Crippen LogP contribution in [0.3, 0.4) is 0 Å². The molecule has 0 fully saturated rings. The van der Waals surface area contributed by atoms with Crippen molar-refractivity contribution in [3.05, 3.63) is 29.1 Å². The second-order valence-corrected chi connectivity index (χ2v) is 18.3. The summed E-state index contributed by atoms with van der Waals surface area (Å²) in [6.45, 7) is 13.4. The molecule has 0 aliphatic rings. The number of carbonyl (C=O) groups is 2. The molecule has 0 saturated carbocycles. The molecule has 0 radical (unpaired) electrons. The van der Waals surface area contributed by atoms with Crippen LogP contribution >= 0.6 is 35.7 Å². The monoisotopic (exact) mass is 1070 g/mol. The van der Waals surface area contributed by atoms with Crippen LogP contribution in [0, 0.1) is 40.4 Å². The van der Waals surface area contributed by atoms with Crippen molar-refractivity contribution in [1.29, 1.82) is 5.26 Å². The Morgan fingerprint density at radius 1 is 0.486 bits per heavy atom. The van der Waals surface area contributed by atoms with E-state index in [1.807, 2.05) is 13.8 Å². The first-order valence-corrected chi connectivity index (χ1v) is 25.2. The van der Waals surface area contributed by atoms with Gasteiger partial charge in [-0.3, -0.25) is 9.59 Å². The number of nitrogens with zero attached hydrogens (tertiary/aromatic N) is 1. The average Bonchev–Trinajstić information content (AvgIpc) is 3.35. The molecule has 0 aliphatic carbocycles. The van der Waals surface area contributed by atoms with Crippen LogP contribution in [0.4, 0.5) is 22.0 Å². The zero-order valence-electron chi connectivity index (χ0n) is 40.2. The maximum atomic E-state index is 13.6. The summed E-state index contributed by atoms with van der Waals surface area (Å²) in [6.07, 6.45) is 1.38. The van der Waals surface area contributed by atoms with Gasteiger partial charge in [0.1, 0.15) is 14.1 Å². The summed E-state index contributed by atoms with van der Waals surface area (Å²) in [5, 5.41) is 9.53. The first kappa shape index (κ1) is 65.8. The van der Waals surface area contributed by atoms with Crippen LogP contribution in [0.5, 0.6) is 5.75 Å². The van der Waals surface area contributed by atoms with Gasteiger partial charge in [-0.05, 0) is 25.5 Å². The molecule has 404 valence electrons. The predicted octanol–water partition coefficient (Wildman–Crippen LogP) is 6.08. The van der Waals surface area contributed by atoms with E-state index in [-0.39, 0.29) is 32.2 Å². The average molecular weight is 1070 g/mol. The van der Waals surface area contributed by atoms with Crippen LogP contribution in [-0.4, -0.2) is 198 Å². The molecule has 1 atom stereocenters. The highest BCUT2D eigenvalue weighted by Crippen LogP contribution is 2.34. The lowest BCUT2D eigenvalue weighted by Crippen LogP contribution is -2.20. The Hall–Kier alpha value is -2.23. The number of rotatable bonds is 49. The first-order valence-electron chi connectivity index (χ1n) is 23.0. The second kappa shape index (κ2) is 45.4. The van der Waals surface area contributed by atoms with Crippen LogP contribution in [0.1, 0.15) is 46.0 Å². The van der Waals surface area contributed by atoms with Crippen molar-refractivity contribution >= 4 is 51.0 Å². The molecule has 1 unspecified atom stereocenters. The van der Waals surface area contributed by atoms with Crippen molar-refractivity contribution in [3.8, 4) is 11.8 Å². The maximum absolute atomic E-state index is 13.6. The fraction of sp³-hybridized carbons (Fsp3) is 0.778. The van der Waals surface area contributed by atoms with Crippen molar-refractivity contribution in [2.24, 2.45) is 0 Å². The standard InChI is InChI=1S/C45H70F5NO16S3/c1-3-69-44(68)70-45(2,35-51)8-6-36(52)5-4-9-54-11-13-56-15-17-58-19-21-60-23-25-62-27-29-64-31-33-66-34-32-65-30-28-63-26-24-61-22-20-59-18-16-57-14-12-55-10-7-37(53)67-43-41(49)39(47)38(46)40(48)42(43)50/h3-34H2,1-2H3. The highest BCUT2D eigenvalue weighted by Gasteiger charge is 2.29. The van der Waals surface area contributed by atoms with E-state index >= 15 is 0 Å². The minimum absolute atomic E-state index is 0.0707. The van der Waals surface area contributed by atoms with Crippen molar-refractivity contribution in [3.63, 3.8) is 0 Å². The number of hydrogen-bond donors (Lipinski definition) is 0. The lowest BCUT2D eigenvalue weighted by Gasteiger charge is -2.20. The molecular formula is C45H70F5NO16S3. The van der Waals surface area contributed by atoms with E-state index < -0.39 is 52.0 Å². The third-order valence-electron chi connectivity index (χ3n) is 8.73. The lowest BCUT2D eigenvalue weighted by molar-refractivity contribution is -0.136. The molecule has 1 rings (SSSR count). The van der Waals surface area contributed by atoms with Crippen LogP contribution in [0.15, 0.2) is 0 Å². The van der Waals surface area contributed by atoms with Gasteiger partial charge < -0.3 is 66.3 Å². The zero-order valence-corrected chi connectivity index (χ0v) is 42.7. The summed E-state index contributed by atoms with van der Waals surface area (Å²) < 4.78 is 142. The molecule has 0 amide bonds. The highest BCUT2D eigenvalue weighted by molar-refractivity contribution is 8.47. The molecule has 0 N–H and O–H groups in total. The van der Waals surface area contributed by atoms with Gasteiger partial charge in [-0.15, -0.1) is 11.8 Å². The van der Waals surface area contributed by atoms with Crippen LogP contribution in [0.2, 0.25) is 0 Å². The Kier molecular flexibility index (Phi) is 42.7. The third kappa shape index (κ3) is 35.8. The Balaban J connectivity index is 1.71. The summed E-state index contributed by atoms with van der Waals surface area (Å²) in [5.41, 5.74) is 0. The maximum Gasteiger partial charge on any atom is 0.313 e. The van der Waals surface area contributed by atoms with Crippen LogP contribution in [0.25, 0.3) is 0 Å². The second-order valence-electron chi connectivity index (χ2n) is 14.4. The molecule has 0 spiro atoms. The SMILES string of the molecule is CCSC(=S)SC(C)(C#N)CCC(=O)CCCOCCOCCOCCOCCOCCOCCOCCOCCOCCOCCOCCOCCOCCC(=O)Oc1c(F)c(F)c(F)c(F)c1F. The molecule has 0 bridgehead atoms. The largest absolute Gasteiger partial charge is 0.420 e. The van der Waals surface area contributed by atoms with Gasteiger partial charge in [0.05, 0.1) is 178 Å².